The minimum atomic E-state index is -0.177. The van der Waals surface area contributed by atoms with Crippen molar-refractivity contribution in [2.75, 3.05) is 33.6 Å². The average molecular weight is 495 g/mol. The lowest BCUT2D eigenvalue weighted by Crippen LogP contribution is -2.43. The smallest absolute Gasteiger partial charge is 0.254 e. The van der Waals surface area contributed by atoms with E-state index in [1.807, 2.05) is 55.6 Å². The maximum Gasteiger partial charge on any atom is 0.254 e. The summed E-state index contributed by atoms with van der Waals surface area (Å²) in [5, 5.41) is 2.03. The number of carbonyl (C=O) groups is 2. The second-order valence-corrected chi connectivity index (χ2v) is 9.50. The van der Waals surface area contributed by atoms with Crippen molar-refractivity contribution in [2.24, 2.45) is 0 Å². The fourth-order valence-corrected chi connectivity index (χ4v) is 4.85. The molecule has 0 spiro atoms. The first kappa shape index (κ1) is 24.8. The van der Waals surface area contributed by atoms with E-state index >= 15 is 0 Å². The molecule has 0 bridgehead atoms. The van der Waals surface area contributed by atoms with Crippen molar-refractivity contribution in [3.63, 3.8) is 0 Å². The third kappa shape index (κ3) is 6.01. The molecule has 0 saturated carbocycles. The van der Waals surface area contributed by atoms with Gasteiger partial charge in [-0.25, -0.2) is 0 Å². The molecular weight excluding hydrogens is 464 g/mol. The molecule has 0 N–H and O–H groups in total. The van der Waals surface area contributed by atoms with Gasteiger partial charge in [0.15, 0.2) is 11.5 Å². The fraction of sp³-hybridized carbons (Fsp3) is 0.333. The Kier molecular flexibility index (Phi) is 8.05. The van der Waals surface area contributed by atoms with E-state index in [-0.39, 0.29) is 25.2 Å². The number of thiophene rings is 1. The zero-order valence-electron chi connectivity index (χ0n) is 20.3. The van der Waals surface area contributed by atoms with Crippen LogP contribution in [0.2, 0.25) is 0 Å². The van der Waals surface area contributed by atoms with Gasteiger partial charge in [0.05, 0.1) is 13.2 Å². The summed E-state index contributed by atoms with van der Waals surface area (Å²) < 4.78 is 16.2. The Balaban J connectivity index is 1.56. The van der Waals surface area contributed by atoms with Gasteiger partial charge in [0.25, 0.3) is 5.91 Å². The molecule has 2 aromatic carbocycles. The van der Waals surface area contributed by atoms with E-state index in [0.717, 1.165) is 21.6 Å². The summed E-state index contributed by atoms with van der Waals surface area (Å²) in [6.45, 7) is 5.63. The Bertz CT molecular complexity index is 1190. The maximum atomic E-state index is 13.7. The van der Waals surface area contributed by atoms with Crippen molar-refractivity contribution in [3.05, 3.63) is 81.0 Å². The number of carbonyl (C=O) groups excluding carboxylic acids is 2. The quantitative estimate of drug-likeness (QED) is 0.418. The Morgan fingerprint density at radius 2 is 1.77 bits per heavy atom. The highest BCUT2D eigenvalue weighted by molar-refractivity contribution is 7.10. The van der Waals surface area contributed by atoms with Crippen LogP contribution in [-0.4, -0.2) is 55.2 Å². The number of ether oxygens (including phenoxy) is 3. The number of benzene rings is 2. The highest BCUT2D eigenvalue weighted by atomic mass is 32.1. The minimum absolute atomic E-state index is 0.0362. The van der Waals surface area contributed by atoms with Crippen LogP contribution in [0.5, 0.6) is 11.5 Å². The van der Waals surface area contributed by atoms with E-state index in [0.29, 0.717) is 43.3 Å². The number of methoxy groups -OCH3 is 1. The van der Waals surface area contributed by atoms with Gasteiger partial charge in [0.1, 0.15) is 6.54 Å². The van der Waals surface area contributed by atoms with Gasteiger partial charge >= 0.3 is 0 Å². The third-order valence-corrected chi connectivity index (χ3v) is 7.03. The first-order valence-corrected chi connectivity index (χ1v) is 12.4. The van der Waals surface area contributed by atoms with Crippen molar-refractivity contribution < 1.29 is 23.8 Å². The summed E-state index contributed by atoms with van der Waals surface area (Å²) in [5.74, 6) is 1.08. The SMILES string of the molecule is COCCN(CC(=O)N(Cc1ccc2c(c1)OCO2)Cc1sccc1C)C(=O)c1ccccc1C. The van der Waals surface area contributed by atoms with Gasteiger partial charge in [-0.1, -0.05) is 24.3 Å². The maximum absolute atomic E-state index is 13.7. The second-order valence-electron chi connectivity index (χ2n) is 8.50. The number of nitrogens with zero attached hydrogens (tertiary/aromatic N) is 2. The highest BCUT2D eigenvalue weighted by Gasteiger charge is 2.25. The number of hydrogen-bond acceptors (Lipinski definition) is 6. The molecular formula is C27H30N2O5S. The van der Waals surface area contributed by atoms with E-state index in [9.17, 15) is 9.59 Å². The van der Waals surface area contributed by atoms with Crippen molar-refractivity contribution in [1.29, 1.82) is 0 Å². The molecule has 7 nitrogen and oxygen atoms in total. The van der Waals surface area contributed by atoms with Crippen molar-refractivity contribution in [2.45, 2.75) is 26.9 Å². The Morgan fingerprint density at radius 3 is 2.51 bits per heavy atom. The zero-order chi connectivity index (χ0) is 24.8. The van der Waals surface area contributed by atoms with Crippen LogP contribution in [0.1, 0.15) is 31.9 Å². The number of amides is 2. The topological polar surface area (TPSA) is 68.3 Å². The lowest BCUT2D eigenvalue weighted by molar-refractivity contribution is -0.133. The van der Waals surface area contributed by atoms with Crippen LogP contribution >= 0.6 is 11.3 Å². The van der Waals surface area contributed by atoms with Crippen LogP contribution in [0.15, 0.2) is 53.9 Å². The van der Waals surface area contributed by atoms with E-state index in [2.05, 4.69) is 6.07 Å². The molecule has 0 saturated heterocycles. The molecule has 1 aromatic heterocycles. The monoisotopic (exact) mass is 494 g/mol. The van der Waals surface area contributed by atoms with E-state index in [1.165, 1.54) is 0 Å². The van der Waals surface area contributed by atoms with Crippen molar-refractivity contribution >= 4 is 23.2 Å². The predicted octanol–water partition coefficient (Wildman–Crippen LogP) is 4.41. The molecule has 0 fully saturated rings. The highest BCUT2D eigenvalue weighted by Crippen LogP contribution is 2.33. The standard InChI is InChI=1S/C27H30N2O5S/c1-19-6-4-5-7-22(19)27(31)28(11-12-32-3)17-26(30)29(16-25-20(2)10-13-35-25)15-21-8-9-23-24(14-21)34-18-33-23/h4-10,13-14H,11-12,15-18H2,1-3H3. The molecule has 0 aliphatic carbocycles. The van der Waals surface area contributed by atoms with Gasteiger partial charge in [-0.2, -0.15) is 0 Å². The molecule has 1 aliphatic heterocycles. The number of aryl methyl sites for hydroxylation is 2. The zero-order valence-corrected chi connectivity index (χ0v) is 21.1. The molecule has 2 heterocycles. The Hall–Kier alpha value is -3.36. The molecule has 1 aliphatic rings. The summed E-state index contributed by atoms with van der Waals surface area (Å²) >= 11 is 1.62. The van der Waals surface area contributed by atoms with E-state index < -0.39 is 0 Å². The van der Waals surface area contributed by atoms with Crippen molar-refractivity contribution in [1.82, 2.24) is 9.80 Å². The molecule has 0 atom stereocenters. The summed E-state index contributed by atoms with van der Waals surface area (Å²) in [6.07, 6.45) is 0. The molecule has 0 unspecified atom stereocenters. The summed E-state index contributed by atoms with van der Waals surface area (Å²) in [6, 6.07) is 15.2. The number of fused-ring (bicyclic) bond motifs is 1. The van der Waals surface area contributed by atoms with Gasteiger partial charge in [0.2, 0.25) is 12.7 Å². The largest absolute Gasteiger partial charge is 0.454 e. The molecule has 4 rings (SSSR count). The molecule has 35 heavy (non-hydrogen) atoms. The first-order chi connectivity index (χ1) is 17.0. The Morgan fingerprint density at radius 1 is 0.971 bits per heavy atom. The van der Waals surface area contributed by atoms with E-state index in [4.69, 9.17) is 14.2 Å². The normalized spacial score (nSPS) is 12.0. The van der Waals surface area contributed by atoms with Crippen LogP contribution in [0.3, 0.4) is 0 Å². The second kappa shape index (κ2) is 11.4. The van der Waals surface area contributed by atoms with Crippen LogP contribution in [0.4, 0.5) is 0 Å². The van der Waals surface area contributed by atoms with Gasteiger partial charge in [-0.3, -0.25) is 9.59 Å². The van der Waals surface area contributed by atoms with Crippen LogP contribution in [-0.2, 0) is 22.6 Å². The lowest BCUT2D eigenvalue weighted by Gasteiger charge is -2.28. The summed E-state index contributed by atoms with van der Waals surface area (Å²) in [4.78, 5) is 31.5. The molecule has 8 heteroatoms. The minimum Gasteiger partial charge on any atom is -0.454 e. The van der Waals surface area contributed by atoms with Gasteiger partial charge in [0, 0.05) is 30.6 Å². The van der Waals surface area contributed by atoms with Gasteiger partial charge < -0.3 is 24.0 Å². The summed E-state index contributed by atoms with van der Waals surface area (Å²) in [7, 11) is 1.59. The van der Waals surface area contributed by atoms with Gasteiger partial charge in [-0.05, 0) is 60.2 Å². The number of rotatable bonds is 10. The molecule has 2 amide bonds. The molecule has 0 radical (unpaired) electrons. The third-order valence-electron chi connectivity index (χ3n) is 6.02. The first-order valence-electron chi connectivity index (χ1n) is 11.5. The van der Waals surface area contributed by atoms with Crippen LogP contribution in [0, 0.1) is 13.8 Å². The van der Waals surface area contributed by atoms with Gasteiger partial charge in [-0.15, -0.1) is 11.3 Å². The summed E-state index contributed by atoms with van der Waals surface area (Å²) in [5.41, 5.74) is 3.54. The number of hydrogen-bond donors (Lipinski definition) is 0. The van der Waals surface area contributed by atoms with Crippen LogP contribution < -0.4 is 9.47 Å². The van der Waals surface area contributed by atoms with E-state index in [1.54, 1.807) is 34.3 Å². The predicted molar refractivity (Wildman–Crippen MR) is 135 cm³/mol. The fourth-order valence-electron chi connectivity index (χ4n) is 3.93. The average Bonchev–Trinajstić information content (AvgIpc) is 3.49. The van der Waals surface area contributed by atoms with Crippen molar-refractivity contribution in [3.8, 4) is 11.5 Å². The molecule has 184 valence electrons. The Labute approximate surface area is 209 Å². The molecule has 3 aromatic rings. The lowest BCUT2D eigenvalue weighted by atomic mass is 10.1. The van der Waals surface area contributed by atoms with Crippen LogP contribution in [0.25, 0.3) is 0 Å².